The summed E-state index contributed by atoms with van der Waals surface area (Å²) in [6.07, 6.45) is 2.68. The molecule has 1 fully saturated rings. The van der Waals surface area contributed by atoms with Crippen LogP contribution in [0.25, 0.3) is 10.2 Å². The van der Waals surface area contributed by atoms with Crippen molar-refractivity contribution in [3.63, 3.8) is 0 Å². The van der Waals surface area contributed by atoms with Crippen LogP contribution in [0.15, 0.2) is 41.3 Å². The van der Waals surface area contributed by atoms with E-state index >= 15 is 0 Å². The van der Waals surface area contributed by atoms with E-state index in [0.29, 0.717) is 17.5 Å². The number of aryl methyl sites for hydroxylation is 1. The van der Waals surface area contributed by atoms with E-state index in [1.165, 1.54) is 16.0 Å². The molecule has 3 aromatic rings. The summed E-state index contributed by atoms with van der Waals surface area (Å²) in [4.78, 5) is 30.6. The Balaban J connectivity index is 1.35. The predicted molar refractivity (Wildman–Crippen MR) is 102 cm³/mol. The van der Waals surface area contributed by atoms with Gasteiger partial charge < -0.3 is 10.2 Å². The Morgan fingerprint density at radius 3 is 3.04 bits per heavy atom. The maximum atomic E-state index is 12.4. The van der Waals surface area contributed by atoms with E-state index in [1.807, 2.05) is 24.3 Å². The largest absolute Gasteiger partial charge is 0.370 e. The molecule has 3 heterocycles. The molecule has 1 aliphatic rings. The van der Waals surface area contributed by atoms with Gasteiger partial charge in [0, 0.05) is 32.7 Å². The Morgan fingerprint density at radius 2 is 2.23 bits per heavy atom. The molecule has 1 atom stereocenters. The third kappa shape index (κ3) is 3.32. The number of anilines is 1. The summed E-state index contributed by atoms with van der Waals surface area (Å²) < 4.78 is 2.33. The van der Waals surface area contributed by atoms with Crippen molar-refractivity contribution in [1.29, 1.82) is 0 Å². The van der Waals surface area contributed by atoms with Crippen LogP contribution in [-0.4, -0.2) is 40.3 Å². The second-order valence-corrected chi connectivity index (χ2v) is 7.50. The smallest absolute Gasteiger partial charge is 0.280 e. The molecule has 0 bridgehead atoms. The molecule has 1 saturated heterocycles. The van der Waals surface area contributed by atoms with Gasteiger partial charge in [0.15, 0.2) is 5.01 Å². The molecule has 0 aliphatic carbocycles. The van der Waals surface area contributed by atoms with Crippen molar-refractivity contribution in [3.8, 4) is 0 Å². The molecule has 8 heteroatoms. The zero-order valence-electron chi connectivity index (χ0n) is 14.4. The molecule has 134 valence electrons. The van der Waals surface area contributed by atoms with Gasteiger partial charge in [-0.15, -0.1) is 11.3 Å². The van der Waals surface area contributed by atoms with Crippen molar-refractivity contribution in [2.75, 3.05) is 24.5 Å². The van der Waals surface area contributed by atoms with Gasteiger partial charge in [0.1, 0.15) is 0 Å². The summed E-state index contributed by atoms with van der Waals surface area (Å²) in [5, 5.41) is 7.56. The van der Waals surface area contributed by atoms with Gasteiger partial charge in [0.05, 0.1) is 22.1 Å². The van der Waals surface area contributed by atoms with Gasteiger partial charge in [-0.25, -0.2) is 9.67 Å². The highest BCUT2D eigenvalue weighted by Gasteiger charge is 2.24. The maximum Gasteiger partial charge on any atom is 0.280 e. The fraction of sp³-hybridized carbons (Fsp3) is 0.333. The molecular formula is C18H19N5O2S. The average molecular weight is 369 g/mol. The number of carbonyl (C=O) groups is 1. The number of aromatic nitrogens is 3. The number of hydrogen-bond acceptors (Lipinski definition) is 6. The third-order valence-electron chi connectivity index (χ3n) is 4.64. The van der Waals surface area contributed by atoms with E-state index in [2.05, 4.69) is 20.3 Å². The summed E-state index contributed by atoms with van der Waals surface area (Å²) in [6.45, 7) is 2.26. The van der Waals surface area contributed by atoms with Gasteiger partial charge in [-0.1, -0.05) is 12.1 Å². The van der Waals surface area contributed by atoms with E-state index in [9.17, 15) is 9.59 Å². The maximum absolute atomic E-state index is 12.4. The van der Waals surface area contributed by atoms with Gasteiger partial charge in [-0.3, -0.25) is 9.59 Å². The van der Waals surface area contributed by atoms with Crippen molar-refractivity contribution in [2.24, 2.45) is 13.0 Å². The number of nitrogens with zero attached hydrogens (tertiary/aromatic N) is 4. The molecule has 4 rings (SSSR count). The molecule has 0 saturated carbocycles. The molecule has 0 unspecified atom stereocenters. The van der Waals surface area contributed by atoms with E-state index in [4.69, 9.17) is 0 Å². The molecule has 1 amide bonds. The van der Waals surface area contributed by atoms with Crippen molar-refractivity contribution in [3.05, 3.63) is 51.9 Å². The lowest BCUT2D eigenvalue weighted by atomic mass is 10.1. The first-order chi connectivity index (χ1) is 12.6. The molecule has 26 heavy (non-hydrogen) atoms. The number of para-hydroxylation sites is 1. The van der Waals surface area contributed by atoms with Crippen LogP contribution in [0.1, 0.15) is 16.2 Å². The van der Waals surface area contributed by atoms with Gasteiger partial charge in [0.2, 0.25) is 0 Å². The van der Waals surface area contributed by atoms with Crippen LogP contribution in [-0.2, 0) is 7.05 Å². The Bertz CT molecular complexity index is 979. The van der Waals surface area contributed by atoms with Crippen LogP contribution in [0.3, 0.4) is 0 Å². The summed E-state index contributed by atoms with van der Waals surface area (Å²) in [7, 11) is 1.64. The van der Waals surface area contributed by atoms with Gasteiger partial charge in [-0.2, -0.15) is 5.10 Å². The number of fused-ring (bicyclic) bond motifs is 1. The van der Waals surface area contributed by atoms with Crippen LogP contribution in [0, 0.1) is 5.92 Å². The molecule has 1 N–H and O–H groups in total. The Kier molecular flexibility index (Phi) is 4.42. The Labute approximate surface area is 154 Å². The van der Waals surface area contributed by atoms with Crippen molar-refractivity contribution in [2.45, 2.75) is 6.42 Å². The number of hydrogen-bond donors (Lipinski definition) is 1. The van der Waals surface area contributed by atoms with E-state index in [1.54, 1.807) is 19.3 Å². The third-order valence-corrected chi connectivity index (χ3v) is 5.68. The van der Waals surface area contributed by atoms with Crippen LogP contribution in [0.2, 0.25) is 0 Å². The number of nitrogens with one attached hydrogen (secondary N) is 1. The van der Waals surface area contributed by atoms with Crippen LogP contribution in [0.4, 0.5) is 5.69 Å². The summed E-state index contributed by atoms with van der Waals surface area (Å²) in [5.74, 6) is 0.220. The van der Waals surface area contributed by atoms with Gasteiger partial charge in [-0.05, 0) is 24.5 Å². The Morgan fingerprint density at radius 1 is 1.38 bits per heavy atom. The SMILES string of the molecule is Cn1ncc(N2CC[C@H](CNC(=O)c3nc4ccccc4s3)C2)cc1=O. The lowest BCUT2D eigenvalue weighted by Crippen LogP contribution is -2.31. The summed E-state index contributed by atoms with van der Waals surface area (Å²) in [5.41, 5.74) is 1.58. The first-order valence-corrected chi connectivity index (χ1v) is 9.34. The number of amides is 1. The monoisotopic (exact) mass is 369 g/mol. The first-order valence-electron chi connectivity index (χ1n) is 8.52. The fourth-order valence-electron chi connectivity index (χ4n) is 3.15. The lowest BCUT2D eigenvalue weighted by molar-refractivity contribution is 0.0948. The predicted octanol–water partition coefficient (Wildman–Crippen LogP) is 1.65. The van der Waals surface area contributed by atoms with Gasteiger partial charge in [0.25, 0.3) is 11.5 Å². The lowest BCUT2D eigenvalue weighted by Gasteiger charge is -2.18. The molecule has 1 aromatic carbocycles. The van der Waals surface area contributed by atoms with Crippen LogP contribution in [0.5, 0.6) is 0 Å². The zero-order valence-corrected chi connectivity index (χ0v) is 15.2. The standard InChI is InChI=1S/C18H19N5O2S/c1-22-16(24)8-13(10-20-22)23-7-6-12(11-23)9-19-17(25)18-21-14-4-2-3-5-15(14)26-18/h2-5,8,10,12H,6-7,9,11H2,1H3,(H,19,25)/t12-/m1/s1. The molecule has 0 radical (unpaired) electrons. The summed E-state index contributed by atoms with van der Waals surface area (Å²) >= 11 is 1.41. The number of rotatable bonds is 4. The van der Waals surface area contributed by atoms with E-state index in [-0.39, 0.29) is 11.5 Å². The van der Waals surface area contributed by atoms with Crippen molar-refractivity contribution in [1.82, 2.24) is 20.1 Å². The van der Waals surface area contributed by atoms with E-state index < -0.39 is 0 Å². The van der Waals surface area contributed by atoms with Gasteiger partial charge >= 0.3 is 0 Å². The molecule has 2 aromatic heterocycles. The van der Waals surface area contributed by atoms with Crippen LogP contribution >= 0.6 is 11.3 Å². The van der Waals surface area contributed by atoms with Crippen LogP contribution < -0.4 is 15.8 Å². The molecule has 0 spiro atoms. The van der Waals surface area contributed by atoms with Crippen molar-refractivity contribution < 1.29 is 4.79 Å². The minimum absolute atomic E-state index is 0.116. The molecular weight excluding hydrogens is 350 g/mol. The highest BCUT2D eigenvalue weighted by Crippen LogP contribution is 2.23. The normalized spacial score (nSPS) is 17.0. The van der Waals surface area contributed by atoms with E-state index in [0.717, 1.165) is 35.4 Å². The molecule has 1 aliphatic heterocycles. The quantitative estimate of drug-likeness (QED) is 0.756. The second-order valence-electron chi connectivity index (χ2n) is 6.47. The number of benzene rings is 1. The number of carbonyl (C=O) groups excluding carboxylic acids is 1. The fourth-order valence-corrected chi connectivity index (χ4v) is 4.03. The highest BCUT2D eigenvalue weighted by molar-refractivity contribution is 7.20. The minimum atomic E-state index is -0.125. The van der Waals surface area contributed by atoms with Crippen molar-refractivity contribution >= 4 is 33.1 Å². The summed E-state index contributed by atoms with van der Waals surface area (Å²) in [6, 6.07) is 9.35. The highest BCUT2D eigenvalue weighted by atomic mass is 32.1. The topological polar surface area (TPSA) is 80.1 Å². The Hall–Kier alpha value is -2.74. The minimum Gasteiger partial charge on any atom is -0.370 e. The zero-order chi connectivity index (χ0) is 18.1. The second kappa shape index (κ2) is 6.87. The molecule has 7 nitrogen and oxygen atoms in total. The first kappa shape index (κ1) is 16.7. The average Bonchev–Trinajstić information content (AvgIpc) is 3.28. The number of thiazole rings is 1.